The fraction of sp³-hybridized carbons (Fsp3) is 0.750. The molecule has 72 valence electrons. The summed E-state index contributed by atoms with van der Waals surface area (Å²) in [6, 6.07) is 0. The third-order valence-corrected chi connectivity index (χ3v) is 1.71. The lowest BCUT2D eigenvalue weighted by atomic mass is 10.1. The van der Waals surface area contributed by atoms with Crippen LogP contribution in [0.25, 0.3) is 0 Å². The average Bonchev–Trinajstić information content (AvgIpc) is 2.52. The molecular formula is C8H14N4O. The van der Waals surface area contributed by atoms with E-state index in [0.29, 0.717) is 12.4 Å². The van der Waals surface area contributed by atoms with Crippen LogP contribution in [0.1, 0.15) is 37.8 Å². The van der Waals surface area contributed by atoms with Gasteiger partial charge in [-0.1, -0.05) is 20.8 Å². The van der Waals surface area contributed by atoms with Crippen LogP contribution in [0.3, 0.4) is 0 Å². The fourth-order valence-corrected chi connectivity index (χ4v) is 1.00. The average molecular weight is 182 g/mol. The molecule has 0 spiro atoms. The second kappa shape index (κ2) is 4.11. The molecule has 0 aliphatic heterocycles. The largest absolute Gasteiger partial charge is 0.290 e. The van der Waals surface area contributed by atoms with E-state index in [4.69, 9.17) is 0 Å². The summed E-state index contributed by atoms with van der Waals surface area (Å²) in [4.78, 5) is 11.5. The molecule has 1 rings (SSSR count). The summed E-state index contributed by atoms with van der Waals surface area (Å²) in [5, 5.41) is 10.9. The Labute approximate surface area is 77.1 Å². The lowest BCUT2D eigenvalue weighted by Gasteiger charge is -2.03. The Hall–Kier alpha value is -1.26. The topological polar surface area (TPSA) is 60.7 Å². The molecule has 0 radical (unpaired) electrons. The van der Waals surface area contributed by atoms with Crippen LogP contribution in [0.4, 0.5) is 0 Å². The normalized spacial score (nSPS) is 10.8. The third kappa shape index (κ3) is 2.11. The smallest absolute Gasteiger partial charge is 0.218 e. The SMILES string of the molecule is CCCn1nnnc1C(=O)C(C)C. The number of hydrogen-bond acceptors (Lipinski definition) is 4. The van der Waals surface area contributed by atoms with Crippen molar-refractivity contribution in [2.75, 3.05) is 0 Å². The Balaban J connectivity index is 2.87. The first kappa shape index (κ1) is 9.83. The van der Waals surface area contributed by atoms with Crippen molar-refractivity contribution in [1.82, 2.24) is 20.2 Å². The van der Waals surface area contributed by atoms with Crippen LogP contribution in [-0.2, 0) is 6.54 Å². The summed E-state index contributed by atoms with van der Waals surface area (Å²) in [6.45, 7) is 6.40. The number of Topliss-reactive ketones (excluding diaryl/α,β-unsaturated/α-hetero) is 1. The number of ketones is 1. The van der Waals surface area contributed by atoms with Gasteiger partial charge in [0.25, 0.3) is 0 Å². The molecule has 1 aromatic heterocycles. The quantitative estimate of drug-likeness (QED) is 0.650. The van der Waals surface area contributed by atoms with E-state index in [1.54, 1.807) is 4.68 Å². The van der Waals surface area contributed by atoms with Gasteiger partial charge in [0.15, 0.2) is 0 Å². The molecule has 13 heavy (non-hydrogen) atoms. The molecule has 0 aromatic carbocycles. The number of hydrogen-bond donors (Lipinski definition) is 0. The molecule has 0 saturated heterocycles. The first-order valence-electron chi connectivity index (χ1n) is 4.47. The van der Waals surface area contributed by atoms with Gasteiger partial charge in [0.05, 0.1) is 0 Å². The van der Waals surface area contributed by atoms with Crippen molar-refractivity contribution in [3.8, 4) is 0 Å². The van der Waals surface area contributed by atoms with E-state index in [0.717, 1.165) is 6.42 Å². The highest BCUT2D eigenvalue weighted by atomic mass is 16.1. The Kier molecular flexibility index (Phi) is 3.11. The van der Waals surface area contributed by atoms with E-state index < -0.39 is 0 Å². The number of aryl methyl sites for hydroxylation is 1. The maximum absolute atomic E-state index is 11.5. The van der Waals surface area contributed by atoms with Crippen molar-refractivity contribution in [3.63, 3.8) is 0 Å². The van der Waals surface area contributed by atoms with Gasteiger partial charge in [0.1, 0.15) is 0 Å². The number of rotatable bonds is 4. The third-order valence-electron chi connectivity index (χ3n) is 1.71. The van der Waals surface area contributed by atoms with Gasteiger partial charge in [-0.2, -0.15) is 0 Å². The molecule has 5 heteroatoms. The highest BCUT2D eigenvalue weighted by molar-refractivity contribution is 5.93. The van der Waals surface area contributed by atoms with E-state index in [2.05, 4.69) is 15.5 Å². The summed E-state index contributed by atoms with van der Waals surface area (Å²) in [6.07, 6.45) is 0.920. The van der Waals surface area contributed by atoms with Crippen LogP contribution < -0.4 is 0 Å². The molecule has 0 bridgehead atoms. The van der Waals surface area contributed by atoms with E-state index in [-0.39, 0.29) is 11.7 Å². The Morgan fingerprint density at radius 1 is 1.54 bits per heavy atom. The molecule has 0 N–H and O–H groups in total. The van der Waals surface area contributed by atoms with Crippen LogP contribution >= 0.6 is 0 Å². The first-order chi connectivity index (χ1) is 6.16. The van der Waals surface area contributed by atoms with Crippen LogP contribution in [0.15, 0.2) is 0 Å². The molecule has 1 heterocycles. The molecule has 0 fully saturated rings. The molecule has 5 nitrogen and oxygen atoms in total. The highest BCUT2D eigenvalue weighted by Crippen LogP contribution is 2.04. The minimum atomic E-state index is -0.0541. The van der Waals surface area contributed by atoms with Crippen molar-refractivity contribution in [1.29, 1.82) is 0 Å². The number of aromatic nitrogens is 4. The van der Waals surface area contributed by atoms with Crippen LogP contribution in [0.2, 0.25) is 0 Å². The Bertz CT molecular complexity index is 292. The zero-order valence-electron chi connectivity index (χ0n) is 8.19. The van der Waals surface area contributed by atoms with Gasteiger partial charge in [-0.25, -0.2) is 4.68 Å². The molecular weight excluding hydrogens is 168 g/mol. The summed E-state index contributed by atoms with van der Waals surface area (Å²) < 4.78 is 1.56. The first-order valence-corrected chi connectivity index (χ1v) is 4.47. The summed E-state index contributed by atoms with van der Waals surface area (Å²) in [7, 11) is 0. The molecule has 0 aliphatic carbocycles. The Morgan fingerprint density at radius 2 is 2.23 bits per heavy atom. The second-order valence-corrected chi connectivity index (χ2v) is 3.24. The molecule has 1 aromatic rings. The van der Waals surface area contributed by atoms with Gasteiger partial charge >= 0.3 is 0 Å². The number of nitrogens with zero attached hydrogens (tertiary/aromatic N) is 4. The fourth-order valence-electron chi connectivity index (χ4n) is 1.00. The van der Waals surface area contributed by atoms with E-state index in [9.17, 15) is 4.79 Å². The Morgan fingerprint density at radius 3 is 2.77 bits per heavy atom. The van der Waals surface area contributed by atoms with Gasteiger partial charge in [0.2, 0.25) is 11.6 Å². The van der Waals surface area contributed by atoms with Crippen LogP contribution in [0, 0.1) is 5.92 Å². The zero-order chi connectivity index (χ0) is 9.84. The summed E-state index contributed by atoms with van der Waals surface area (Å²) in [5.41, 5.74) is 0. The lowest BCUT2D eigenvalue weighted by Crippen LogP contribution is -2.16. The molecule has 0 atom stereocenters. The number of carbonyl (C=O) groups is 1. The van der Waals surface area contributed by atoms with E-state index >= 15 is 0 Å². The van der Waals surface area contributed by atoms with Crippen LogP contribution in [-0.4, -0.2) is 26.0 Å². The van der Waals surface area contributed by atoms with Crippen molar-refractivity contribution >= 4 is 5.78 Å². The van der Waals surface area contributed by atoms with E-state index in [1.165, 1.54) is 0 Å². The highest BCUT2D eigenvalue weighted by Gasteiger charge is 2.17. The van der Waals surface area contributed by atoms with Gasteiger partial charge in [-0.3, -0.25) is 4.79 Å². The molecule has 0 amide bonds. The van der Waals surface area contributed by atoms with Crippen molar-refractivity contribution in [3.05, 3.63) is 5.82 Å². The zero-order valence-corrected chi connectivity index (χ0v) is 8.19. The number of carbonyl (C=O) groups excluding carboxylic acids is 1. The maximum Gasteiger partial charge on any atom is 0.218 e. The molecule has 0 saturated carbocycles. The van der Waals surface area contributed by atoms with Gasteiger partial charge < -0.3 is 0 Å². The lowest BCUT2D eigenvalue weighted by molar-refractivity contribution is 0.0922. The minimum Gasteiger partial charge on any atom is -0.290 e. The van der Waals surface area contributed by atoms with Gasteiger partial charge in [-0.05, 0) is 16.8 Å². The van der Waals surface area contributed by atoms with Crippen molar-refractivity contribution in [2.24, 2.45) is 5.92 Å². The minimum absolute atomic E-state index is 0.00144. The van der Waals surface area contributed by atoms with Crippen LogP contribution in [0.5, 0.6) is 0 Å². The van der Waals surface area contributed by atoms with Crippen molar-refractivity contribution in [2.45, 2.75) is 33.7 Å². The number of tetrazole rings is 1. The summed E-state index contributed by atoms with van der Waals surface area (Å²) >= 11 is 0. The maximum atomic E-state index is 11.5. The predicted octanol–water partition coefficient (Wildman–Crippen LogP) is 0.922. The van der Waals surface area contributed by atoms with E-state index in [1.807, 2.05) is 20.8 Å². The second-order valence-electron chi connectivity index (χ2n) is 3.24. The van der Waals surface area contributed by atoms with Gasteiger partial charge in [0, 0.05) is 12.5 Å². The van der Waals surface area contributed by atoms with Crippen molar-refractivity contribution < 1.29 is 4.79 Å². The molecule has 0 unspecified atom stereocenters. The molecule has 0 aliphatic rings. The monoisotopic (exact) mass is 182 g/mol. The van der Waals surface area contributed by atoms with Gasteiger partial charge in [-0.15, -0.1) is 5.10 Å². The standard InChI is InChI=1S/C8H14N4O/c1-4-5-12-8(9-10-11-12)7(13)6(2)3/h6H,4-5H2,1-3H3. The predicted molar refractivity (Wildman–Crippen MR) is 47.3 cm³/mol. The summed E-state index contributed by atoms with van der Waals surface area (Å²) in [5.74, 6) is 0.317.